The number of rotatable bonds is 3. The maximum absolute atomic E-state index is 12.1. The van der Waals surface area contributed by atoms with Gasteiger partial charge in [-0.25, -0.2) is 8.78 Å². The highest BCUT2D eigenvalue weighted by atomic mass is 19.3. The van der Waals surface area contributed by atoms with E-state index in [1.807, 2.05) is 0 Å². The molecule has 17 heavy (non-hydrogen) atoms. The molecule has 0 N–H and O–H groups in total. The lowest BCUT2D eigenvalue weighted by Gasteiger charge is -2.04. The smallest absolute Gasteiger partial charge is 0.293 e. The molecular formula is C11H7F2NO3. The van der Waals surface area contributed by atoms with Gasteiger partial charge in [-0.1, -0.05) is 0 Å². The molecule has 1 aromatic rings. The third-order valence-corrected chi connectivity index (χ3v) is 2.63. The molecule has 88 valence electrons. The monoisotopic (exact) mass is 239 g/mol. The second-order valence-electron chi connectivity index (χ2n) is 3.67. The van der Waals surface area contributed by atoms with Crippen molar-refractivity contribution in [2.75, 3.05) is 0 Å². The Bertz CT molecular complexity index is 478. The molecule has 2 rings (SSSR count). The van der Waals surface area contributed by atoms with Crippen molar-refractivity contribution in [3.8, 4) is 0 Å². The number of hydrogen-bond acceptors (Lipinski definition) is 4. The van der Waals surface area contributed by atoms with Gasteiger partial charge in [-0.2, -0.15) is 0 Å². The number of Topliss-reactive ketones (excluding diaryl/α,β-unsaturated/α-hetero) is 3. The van der Waals surface area contributed by atoms with Gasteiger partial charge in [0.2, 0.25) is 0 Å². The Hall–Kier alpha value is -1.98. The van der Waals surface area contributed by atoms with Gasteiger partial charge in [0.15, 0.2) is 17.3 Å². The van der Waals surface area contributed by atoms with Gasteiger partial charge in [0.1, 0.15) is 0 Å². The summed E-state index contributed by atoms with van der Waals surface area (Å²) in [6, 6.07) is 1.35. The molecule has 0 amide bonds. The van der Waals surface area contributed by atoms with Crippen molar-refractivity contribution in [2.24, 2.45) is 5.92 Å². The average molecular weight is 239 g/mol. The molecule has 6 heteroatoms. The first kappa shape index (κ1) is 11.5. The molecule has 1 unspecified atom stereocenters. The Balaban J connectivity index is 2.28. The lowest BCUT2D eigenvalue weighted by Crippen LogP contribution is -2.22. The first-order valence-electron chi connectivity index (χ1n) is 4.85. The molecule has 0 fully saturated rings. The van der Waals surface area contributed by atoms with Crippen molar-refractivity contribution in [1.82, 2.24) is 4.98 Å². The topological polar surface area (TPSA) is 64.1 Å². The highest BCUT2D eigenvalue weighted by Gasteiger charge is 2.40. The van der Waals surface area contributed by atoms with Crippen LogP contribution in [-0.4, -0.2) is 28.8 Å². The van der Waals surface area contributed by atoms with Crippen LogP contribution in [0.5, 0.6) is 0 Å². The third kappa shape index (κ3) is 1.86. The summed E-state index contributed by atoms with van der Waals surface area (Å²) in [6.45, 7) is 0. The molecule has 1 atom stereocenters. The fourth-order valence-electron chi connectivity index (χ4n) is 1.78. The molecule has 1 aromatic heterocycles. The van der Waals surface area contributed by atoms with Crippen LogP contribution in [0.15, 0.2) is 18.5 Å². The van der Waals surface area contributed by atoms with Crippen LogP contribution >= 0.6 is 0 Å². The van der Waals surface area contributed by atoms with E-state index in [1.54, 1.807) is 0 Å². The normalized spacial score (nSPS) is 18.6. The first-order valence-corrected chi connectivity index (χ1v) is 4.85. The Morgan fingerprint density at radius 3 is 2.53 bits per heavy atom. The Morgan fingerprint density at radius 2 is 1.94 bits per heavy atom. The average Bonchev–Trinajstić information content (AvgIpc) is 2.55. The van der Waals surface area contributed by atoms with Gasteiger partial charge < -0.3 is 0 Å². The van der Waals surface area contributed by atoms with Gasteiger partial charge in [0.05, 0.1) is 5.92 Å². The number of ketones is 3. The number of alkyl halides is 2. The zero-order valence-electron chi connectivity index (χ0n) is 8.52. The number of fused-ring (bicyclic) bond motifs is 1. The summed E-state index contributed by atoms with van der Waals surface area (Å²) in [6.07, 6.45) is -1.36. The molecule has 0 bridgehead atoms. The molecule has 1 heterocycles. The van der Waals surface area contributed by atoms with Crippen LogP contribution in [0.25, 0.3) is 0 Å². The lowest BCUT2D eigenvalue weighted by atomic mass is 9.97. The van der Waals surface area contributed by atoms with Gasteiger partial charge >= 0.3 is 0 Å². The van der Waals surface area contributed by atoms with E-state index in [4.69, 9.17) is 0 Å². The molecule has 0 saturated carbocycles. The van der Waals surface area contributed by atoms with Crippen molar-refractivity contribution in [3.63, 3.8) is 0 Å². The third-order valence-electron chi connectivity index (χ3n) is 2.63. The highest BCUT2D eigenvalue weighted by Crippen LogP contribution is 2.28. The van der Waals surface area contributed by atoms with Crippen LogP contribution in [0.1, 0.15) is 27.1 Å². The number of nitrogens with zero attached hydrogens (tertiary/aromatic N) is 1. The summed E-state index contributed by atoms with van der Waals surface area (Å²) in [5.74, 6) is -3.89. The molecule has 0 aliphatic heterocycles. The SMILES string of the molecule is O=C(CC1C(=O)c2ccncc2C1=O)C(F)F. The Labute approximate surface area is 94.7 Å². The number of pyridine rings is 1. The number of hydrogen-bond donors (Lipinski definition) is 0. The van der Waals surface area contributed by atoms with E-state index in [-0.39, 0.29) is 11.1 Å². The molecule has 1 aliphatic rings. The van der Waals surface area contributed by atoms with Crippen molar-refractivity contribution in [2.45, 2.75) is 12.8 Å². The number of halogens is 2. The fourth-order valence-corrected chi connectivity index (χ4v) is 1.78. The zero-order valence-corrected chi connectivity index (χ0v) is 8.52. The summed E-state index contributed by atoms with van der Waals surface area (Å²) >= 11 is 0. The standard InChI is InChI=1S/C11H7F2NO3/c12-11(13)8(15)3-6-9(16)5-1-2-14-4-7(5)10(6)17/h1-2,4,6,11H,3H2. The van der Waals surface area contributed by atoms with E-state index >= 15 is 0 Å². The fraction of sp³-hybridized carbons (Fsp3) is 0.273. The summed E-state index contributed by atoms with van der Waals surface area (Å²) in [5.41, 5.74) is 0.252. The minimum absolute atomic E-state index is 0.101. The summed E-state index contributed by atoms with van der Waals surface area (Å²) in [5, 5.41) is 0. The van der Waals surface area contributed by atoms with E-state index in [0.29, 0.717) is 0 Å². The molecule has 0 spiro atoms. The Morgan fingerprint density at radius 1 is 1.29 bits per heavy atom. The minimum Gasteiger partial charge on any atom is -0.293 e. The highest BCUT2D eigenvalue weighted by molar-refractivity contribution is 6.27. The number of carbonyl (C=O) groups excluding carboxylic acids is 3. The van der Waals surface area contributed by atoms with Crippen LogP contribution < -0.4 is 0 Å². The first-order chi connectivity index (χ1) is 8.02. The van der Waals surface area contributed by atoms with E-state index in [1.165, 1.54) is 18.5 Å². The quantitative estimate of drug-likeness (QED) is 0.746. The van der Waals surface area contributed by atoms with Crippen LogP contribution in [0, 0.1) is 5.92 Å². The molecule has 4 nitrogen and oxygen atoms in total. The van der Waals surface area contributed by atoms with Crippen molar-refractivity contribution in [1.29, 1.82) is 0 Å². The molecule has 0 aromatic carbocycles. The summed E-state index contributed by atoms with van der Waals surface area (Å²) < 4.78 is 24.2. The van der Waals surface area contributed by atoms with E-state index in [0.717, 1.165) is 0 Å². The maximum atomic E-state index is 12.1. The molecular weight excluding hydrogens is 232 g/mol. The zero-order chi connectivity index (χ0) is 12.6. The van der Waals surface area contributed by atoms with Gasteiger partial charge in [0.25, 0.3) is 6.43 Å². The van der Waals surface area contributed by atoms with Crippen molar-refractivity contribution in [3.05, 3.63) is 29.6 Å². The summed E-state index contributed by atoms with van der Waals surface area (Å²) in [7, 11) is 0. The maximum Gasteiger partial charge on any atom is 0.296 e. The predicted octanol–water partition coefficient (Wildman–Crippen LogP) is 1.30. The molecule has 0 saturated heterocycles. The van der Waals surface area contributed by atoms with E-state index in [2.05, 4.69) is 4.98 Å². The van der Waals surface area contributed by atoms with Gasteiger partial charge in [-0.05, 0) is 6.07 Å². The second kappa shape index (κ2) is 4.12. The van der Waals surface area contributed by atoms with Crippen molar-refractivity contribution < 1.29 is 23.2 Å². The van der Waals surface area contributed by atoms with Crippen LogP contribution in [0.4, 0.5) is 8.78 Å². The molecule has 1 aliphatic carbocycles. The predicted molar refractivity (Wildman–Crippen MR) is 52.0 cm³/mol. The number of carbonyl (C=O) groups is 3. The number of aromatic nitrogens is 1. The van der Waals surface area contributed by atoms with E-state index < -0.39 is 36.1 Å². The van der Waals surface area contributed by atoms with E-state index in [9.17, 15) is 23.2 Å². The van der Waals surface area contributed by atoms with Crippen LogP contribution in [-0.2, 0) is 4.79 Å². The second-order valence-corrected chi connectivity index (χ2v) is 3.67. The Kier molecular flexibility index (Phi) is 2.79. The van der Waals surface area contributed by atoms with Gasteiger partial charge in [0, 0.05) is 29.9 Å². The minimum atomic E-state index is -3.16. The van der Waals surface area contributed by atoms with Crippen LogP contribution in [0.2, 0.25) is 0 Å². The lowest BCUT2D eigenvalue weighted by molar-refractivity contribution is -0.129. The van der Waals surface area contributed by atoms with Crippen LogP contribution in [0.3, 0.4) is 0 Å². The van der Waals surface area contributed by atoms with Gasteiger partial charge in [-0.15, -0.1) is 0 Å². The van der Waals surface area contributed by atoms with Crippen molar-refractivity contribution >= 4 is 17.3 Å². The van der Waals surface area contributed by atoms with Gasteiger partial charge in [-0.3, -0.25) is 19.4 Å². The summed E-state index contributed by atoms with van der Waals surface area (Å²) in [4.78, 5) is 38.0. The largest absolute Gasteiger partial charge is 0.296 e. The molecule has 0 radical (unpaired) electrons.